The number of methoxy groups -OCH3 is 1. The van der Waals surface area contributed by atoms with Gasteiger partial charge in [-0.3, -0.25) is 14.8 Å². The van der Waals surface area contributed by atoms with Crippen LogP contribution in [0.5, 0.6) is 11.5 Å². The van der Waals surface area contributed by atoms with Crippen LogP contribution in [-0.4, -0.2) is 45.3 Å². The van der Waals surface area contributed by atoms with Crippen LogP contribution in [0, 0.1) is 6.92 Å². The van der Waals surface area contributed by atoms with Crippen molar-refractivity contribution in [2.75, 3.05) is 13.7 Å². The summed E-state index contributed by atoms with van der Waals surface area (Å²) in [6.45, 7) is 5.37. The molecule has 2 atom stereocenters. The summed E-state index contributed by atoms with van der Waals surface area (Å²) in [5.41, 5.74) is 4.77. The first-order valence-corrected chi connectivity index (χ1v) is 10.7. The van der Waals surface area contributed by atoms with Crippen molar-refractivity contribution >= 4 is 5.65 Å². The lowest BCUT2D eigenvalue weighted by molar-refractivity contribution is 0.187. The summed E-state index contributed by atoms with van der Waals surface area (Å²) >= 11 is 0. The molecule has 0 unspecified atom stereocenters. The Hall–Kier alpha value is -2.80. The number of aryl methyl sites for hydroxylation is 1. The van der Waals surface area contributed by atoms with E-state index < -0.39 is 0 Å². The molecule has 1 aromatic carbocycles. The number of aromatic amines is 1. The van der Waals surface area contributed by atoms with Gasteiger partial charge in [0.1, 0.15) is 0 Å². The highest BCUT2D eigenvalue weighted by atomic mass is 16.5. The third-order valence-corrected chi connectivity index (χ3v) is 6.45. The van der Waals surface area contributed by atoms with Crippen molar-refractivity contribution in [3.8, 4) is 11.5 Å². The molecule has 0 spiro atoms. The summed E-state index contributed by atoms with van der Waals surface area (Å²) in [6.07, 6.45) is 3.85. The zero-order chi connectivity index (χ0) is 20.8. The van der Waals surface area contributed by atoms with E-state index in [9.17, 15) is 4.79 Å². The van der Waals surface area contributed by atoms with E-state index in [1.54, 1.807) is 11.6 Å². The van der Waals surface area contributed by atoms with Crippen LogP contribution in [0.3, 0.4) is 0 Å². The lowest BCUT2D eigenvalue weighted by Gasteiger charge is -2.28. The molecule has 158 valence electrons. The SMILES string of the molecule is CCOc1ccc(CN2[C@@H]3CC[C@@H]2Cc2c(nc4cc(C)[nH]n4c2=O)C3)cc1OC. The Morgan fingerprint density at radius 2 is 1.97 bits per heavy atom. The van der Waals surface area contributed by atoms with E-state index in [0.29, 0.717) is 18.7 Å². The summed E-state index contributed by atoms with van der Waals surface area (Å²) in [5.74, 6) is 1.54. The molecule has 3 aromatic rings. The van der Waals surface area contributed by atoms with E-state index in [1.165, 1.54) is 5.56 Å². The van der Waals surface area contributed by atoms with Crippen LogP contribution in [0.2, 0.25) is 0 Å². The van der Waals surface area contributed by atoms with E-state index in [4.69, 9.17) is 14.5 Å². The first-order chi connectivity index (χ1) is 14.6. The van der Waals surface area contributed by atoms with Crippen LogP contribution in [0.4, 0.5) is 0 Å². The smallest absolute Gasteiger partial charge is 0.276 e. The predicted octanol–water partition coefficient (Wildman–Crippen LogP) is 2.87. The number of rotatable bonds is 5. The van der Waals surface area contributed by atoms with Gasteiger partial charge in [0.05, 0.1) is 19.4 Å². The van der Waals surface area contributed by atoms with Gasteiger partial charge in [0.2, 0.25) is 0 Å². The van der Waals surface area contributed by atoms with E-state index in [1.807, 2.05) is 26.0 Å². The Kier molecular flexibility index (Phi) is 4.77. The number of hydrogen-bond donors (Lipinski definition) is 1. The van der Waals surface area contributed by atoms with Crippen molar-refractivity contribution in [3.63, 3.8) is 0 Å². The lowest BCUT2D eigenvalue weighted by atomic mass is 9.98. The Morgan fingerprint density at radius 3 is 2.73 bits per heavy atom. The number of ether oxygens (including phenoxy) is 2. The molecule has 4 heterocycles. The first-order valence-electron chi connectivity index (χ1n) is 10.7. The van der Waals surface area contributed by atoms with E-state index in [2.05, 4.69) is 22.1 Å². The van der Waals surface area contributed by atoms with Crippen LogP contribution >= 0.6 is 0 Å². The third kappa shape index (κ3) is 3.17. The van der Waals surface area contributed by atoms with Crippen molar-refractivity contribution in [2.45, 2.75) is 58.2 Å². The number of nitrogens with zero attached hydrogens (tertiary/aromatic N) is 3. The topological polar surface area (TPSA) is 71.9 Å². The molecular formula is C23H28N4O3. The molecule has 0 saturated carbocycles. The molecule has 0 amide bonds. The van der Waals surface area contributed by atoms with Gasteiger partial charge in [0.15, 0.2) is 17.1 Å². The number of nitrogens with one attached hydrogen (secondary N) is 1. The van der Waals surface area contributed by atoms with Crippen LogP contribution in [0.25, 0.3) is 5.65 Å². The number of fused-ring (bicyclic) bond motifs is 4. The van der Waals surface area contributed by atoms with Crippen molar-refractivity contribution in [1.29, 1.82) is 0 Å². The average molecular weight is 409 g/mol. The Labute approximate surface area is 175 Å². The van der Waals surface area contributed by atoms with Gasteiger partial charge in [-0.2, -0.15) is 0 Å². The summed E-state index contributed by atoms with van der Waals surface area (Å²) in [6, 6.07) is 8.88. The maximum Gasteiger partial charge on any atom is 0.276 e. The van der Waals surface area contributed by atoms with Crippen LogP contribution in [0.1, 0.15) is 42.3 Å². The van der Waals surface area contributed by atoms with Gasteiger partial charge in [0.25, 0.3) is 5.56 Å². The Balaban J connectivity index is 1.45. The van der Waals surface area contributed by atoms with Crippen LogP contribution in [0.15, 0.2) is 29.1 Å². The molecule has 2 bridgehead atoms. The molecule has 2 aliphatic rings. The number of benzene rings is 1. The third-order valence-electron chi connectivity index (χ3n) is 6.45. The summed E-state index contributed by atoms with van der Waals surface area (Å²) in [5, 5.41) is 3.12. The summed E-state index contributed by atoms with van der Waals surface area (Å²) < 4.78 is 12.8. The standard InChI is InChI=1S/C23H28N4O3/c1-4-30-20-8-5-15(10-21(20)29-3)13-26-16-6-7-17(26)12-19-18(11-16)23(28)27-22(24-19)9-14(2)25-27/h5,8-10,16-17,25H,4,6-7,11-13H2,1-3H3/t16-,17-/m1/s1. The normalized spacial score (nSPS) is 20.9. The lowest BCUT2D eigenvalue weighted by Crippen LogP contribution is -2.36. The highest BCUT2D eigenvalue weighted by molar-refractivity contribution is 5.44. The van der Waals surface area contributed by atoms with Crippen molar-refractivity contribution in [2.24, 2.45) is 0 Å². The molecule has 7 nitrogen and oxygen atoms in total. The Morgan fingerprint density at radius 1 is 1.17 bits per heavy atom. The van der Waals surface area contributed by atoms with E-state index in [-0.39, 0.29) is 5.56 Å². The largest absolute Gasteiger partial charge is 0.493 e. The fraction of sp³-hybridized carbons (Fsp3) is 0.478. The minimum Gasteiger partial charge on any atom is -0.493 e. The number of aromatic nitrogens is 3. The zero-order valence-corrected chi connectivity index (χ0v) is 17.8. The van der Waals surface area contributed by atoms with Gasteiger partial charge in [0, 0.05) is 42.4 Å². The maximum absolute atomic E-state index is 13.1. The predicted molar refractivity (Wildman–Crippen MR) is 114 cm³/mol. The van der Waals surface area contributed by atoms with Gasteiger partial charge in [-0.05, 0) is 50.8 Å². The van der Waals surface area contributed by atoms with Gasteiger partial charge in [-0.25, -0.2) is 9.50 Å². The van der Waals surface area contributed by atoms with Crippen molar-refractivity contribution in [3.05, 3.63) is 57.1 Å². The van der Waals surface area contributed by atoms with Crippen LogP contribution in [-0.2, 0) is 19.4 Å². The summed E-state index contributed by atoms with van der Waals surface area (Å²) in [4.78, 5) is 20.5. The quantitative estimate of drug-likeness (QED) is 0.703. The second-order valence-electron chi connectivity index (χ2n) is 8.36. The van der Waals surface area contributed by atoms with E-state index >= 15 is 0 Å². The van der Waals surface area contributed by atoms with Gasteiger partial charge in [-0.1, -0.05) is 6.07 Å². The molecular weight excluding hydrogens is 380 g/mol. The minimum absolute atomic E-state index is 0.0540. The van der Waals surface area contributed by atoms with Crippen molar-refractivity contribution < 1.29 is 9.47 Å². The summed E-state index contributed by atoms with van der Waals surface area (Å²) in [7, 11) is 1.68. The molecule has 1 fully saturated rings. The molecule has 0 aliphatic carbocycles. The number of hydrogen-bond acceptors (Lipinski definition) is 5. The highest BCUT2D eigenvalue weighted by Crippen LogP contribution is 2.35. The highest BCUT2D eigenvalue weighted by Gasteiger charge is 2.38. The molecule has 30 heavy (non-hydrogen) atoms. The monoisotopic (exact) mass is 408 g/mol. The fourth-order valence-electron chi connectivity index (χ4n) is 5.07. The zero-order valence-electron chi connectivity index (χ0n) is 17.8. The minimum atomic E-state index is 0.0540. The molecule has 7 heteroatoms. The van der Waals surface area contributed by atoms with Crippen LogP contribution < -0.4 is 15.0 Å². The first kappa shape index (κ1) is 19.2. The van der Waals surface area contributed by atoms with Gasteiger partial charge < -0.3 is 9.47 Å². The molecule has 2 aromatic heterocycles. The molecule has 5 rings (SSSR count). The Bertz CT molecular complexity index is 1150. The number of H-pyrrole nitrogens is 1. The maximum atomic E-state index is 13.1. The van der Waals surface area contributed by atoms with Crippen molar-refractivity contribution in [1.82, 2.24) is 19.5 Å². The molecule has 1 saturated heterocycles. The average Bonchev–Trinajstić information content (AvgIpc) is 3.23. The molecule has 2 aliphatic heterocycles. The van der Waals surface area contributed by atoms with E-state index in [0.717, 1.165) is 66.3 Å². The fourth-order valence-corrected chi connectivity index (χ4v) is 5.07. The van der Waals surface area contributed by atoms with Gasteiger partial charge >= 0.3 is 0 Å². The van der Waals surface area contributed by atoms with Gasteiger partial charge in [-0.15, -0.1) is 0 Å². The molecule has 0 radical (unpaired) electrons. The molecule has 1 N–H and O–H groups in total. The second kappa shape index (κ2) is 7.47. The second-order valence-corrected chi connectivity index (χ2v) is 8.36.